The summed E-state index contributed by atoms with van der Waals surface area (Å²) in [6.07, 6.45) is 2.00. The highest BCUT2D eigenvalue weighted by Crippen LogP contribution is 2.43. The molecule has 0 amide bonds. The number of halogens is 3. The van der Waals surface area contributed by atoms with Gasteiger partial charge in [0.1, 0.15) is 11.9 Å². The molecule has 1 unspecified atom stereocenters. The summed E-state index contributed by atoms with van der Waals surface area (Å²) < 4.78 is 15.0. The summed E-state index contributed by atoms with van der Waals surface area (Å²) in [7, 11) is 0. The number of fused-ring (bicyclic) bond motifs is 1. The lowest BCUT2D eigenvalue weighted by Gasteiger charge is -2.32. The van der Waals surface area contributed by atoms with Crippen molar-refractivity contribution in [3.05, 3.63) is 75.2 Å². The molecule has 1 aliphatic carbocycles. The van der Waals surface area contributed by atoms with Crippen LogP contribution in [0, 0.1) is 5.82 Å². The molecule has 0 fully saturated rings. The first-order valence-electron chi connectivity index (χ1n) is 9.22. The van der Waals surface area contributed by atoms with Crippen LogP contribution in [0.1, 0.15) is 30.9 Å². The van der Waals surface area contributed by atoms with E-state index in [2.05, 4.69) is 15.4 Å². The van der Waals surface area contributed by atoms with Crippen molar-refractivity contribution in [1.82, 2.24) is 14.8 Å². The second-order valence-electron chi connectivity index (χ2n) is 7.05. The Morgan fingerprint density at radius 2 is 1.90 bits per heavy atom. The van der Waals surface area contributed by atoms with E-state index in [1.807, 2.05) is 6.07 Å². The number of carbonyl (C=O) groups excluding carboxylic acids is 1. The monoisotopic (exact) mass is 428 g/mol. The highest BCUT2D eigenvalue weighted by molar-refractivity contribution is 6.42. The van der Waals surface area contributed by atoms with E-state index in [1.54, 1.807) is 28.9 Å². The summed E-state index contributed by atoms with van der Waals surface area (Å²) >= 11 is 12.8. The number of hydrogen-bond acceptors (Lipinski definition) is 4. The maximum absolute atomic E-state index is 13.3. The third-order valence-electron chi connectivity index (χ3n) is 5.25. The fourth-order valence-electron chi connectivity index (χ4n) is 3.90. The number of ketones is 1. The zero-order valence-electron chi connectivity index (χ0n) is 15.1. The average Bonchev–Trinajstić information content (AvgIpc) is 3.13. The smallest absolute Gasteiger partial charge is 0.226 e. The number of anilines is 1. The molecule has 0 spiro atoms. The van der Waals surface area contributed by atoms with Gasteiger partial charge in [0.2, 0.25) is 5.95 Å². The largest absolute Gasteiger partial charge is 0.328 e. The van der Waals surface area contributed by atoms with Gasteiger partial charge >= 0.3 is 0 Å². The molecule has 8 heteroatoms. The van der Waals surface area contributed by atoms with Crippen LogP contribution in [0.3, 0.4) is 0 Å². The van der Waals surface area contributed by atoms with Crippen molar-refractivity contribution in [3.8, 4) is 11.4 Å². The predicted molar refractivity (Wildman–Crippen MR) is 110 cm³/mol. The summed E-state index contributed by atoms with van der Waals surface area (Å²) in [5.41, 5.74) is 2.85. The molecule has 1 atom stereocenters. The van der Waals surface area contributed by atoms with Crippen LogP contribution in [0.25, 0.3) is 11.4 Å². The van der Waals surface area contributed by atoms with Crippen LogP contribution in [0.5, 0.6) is 0 Å². The number of carbonyl (C=O) groups is 1. The van der Waals surface area contributed by atoms with Crippen molar-refractivity contribution in [2.75, 3.05) is 5.32 Å². The van der Waals surface area contributed by atoms with Gasteiger partial charge in [-0.2, -0.15) is 4.98 Å². The Bertz CT molecular complexity index is 1170. The summed E-state index contributed by atoms with van der Waals surface area (Å²) in [5.74, 6) is 0.674. The van der Waals surface area contributed by atoms with Crippen molar-refractivity contribution >= 4 is 34.9 Å². The van der Waals surface area contributed by atoms with Gasteiger partial charge in [0, 0.05) is 28.8 Å². The van der Waals surface area contributed by atoms with Gasteiger partial charge in [-0.1, -0.05) is 35.3 Å². The second-order valence-corrected chi connectivity index (χ2v) is 7.84. The Kier molecular flexibility index (Phi) is 4.41. The molecule has 1 aromatic heterocycles. The van der Waals surface area contributed by atoms with Gasteiger partial charge in [-0.3, -0.25) is 4.79 Å². The molecule has 5 nitrogen and oxygen atoms in total. The van der Waals surface area contributed by atoms with Crippen LogP contribution in [0.2, 0.25) is 10.0 Å². The zero-order valence-corrected chi connectivity index (χ0v) is 16.6. The number of aromatic nitrogens is 3. The van der Waals surface area contributed by atoms with E-state index in [9.17, 15) is 9.18 Å². The number of allylic oxidation sites excluding steroid dienone is 2. The molecule has 3 aromatic rings. The molecule has 1 aliphatic heterocycles. The fourth-order valence-corrected chi connectivity index (χ4v) is 4.31. The molecule has 1 N–H and O–H groups in total. The van der Waals surface area contributed by atoms with Gasteiger partial charge in [-0.05, 0) is 43.2 Å². The SMILES string of the molecule is O=C1CCCC2=C1C(c1cccc(Cl)c1Cl)n1nc(-c3ccc(F)cc3)nc1N2. The van der Waals surface area contributed by atoms with Crippen LogP contribution >= 0.6 is 23.2 Å². The number of nitrogens with zero attached hydrogens (tertiary/aromatic N) is 3. The third-order valence-corrected chi connectivity index (χ3v) is 6.08. The van der Waals surface area contributed by atoms with Crippen molar-refractivity contribution < 1.29 is 9.18 Å². The maximum Gasteiger partial charge on any atom is 0.226 e. The predicted octanol–water partition coefficient (Wildman–Crippen LogP) is 5.41. The van der Waals surface area contributed by atoms with E-state index in [4.69, 9.17) is 23.2 Å². The van der Waals surface area contributed by atoms with Gasteiger partial charge in [0.05, 0.1) is 10.0 Å². The van der Waals surface area contributed by atoms with E-state index >= 15 is 0 Å². The van der Waals surface area contributed by atoms with Crippen LogP contribution < -0.4 is 5.32 Å². The average molecular weight is 429 g/mol. The number of benzene rings is 2. The maximum atomic E-state index is 13.3. The number of Topliss-reactive ketones (excluding diaryl/α,β-unsaturated/α-hetero) is 1. The molecule has 2 aromatic carbocycles. The first kappa shape index (κ1) is 18.3. The van der Waals surface area contributed by atoms with Crippen molar-refractivity contribution in [2.24, 2.45) is 0 Å². The highest BCUT2D eigenvalue weighted by atomic mass is 35.5. The first-order chi connectivity index (χ1) is 14.0. The Hall–Kier alpha value is -2.70. The molecule has 2 heterocycles. The third kappa shape index (κ3) is 3.03. The molecular formula is C21H15Cl2FN4O. The Balaban J connectivity index is 1.71. The molecular weight excluding hydrogens is 414 g/mol. The van der Waals surface area contributed by atoms with Gasteiger partial charge in [-0.15, -0.1) is 5.10 Å². The Morgan fingerprint density at radius 1 is 1.10 bits per heavy atom. The van der Waals surface area contributed by atoms with E-state index in [0.29, 0.717) is 44.9 Å². The number of hydrogen-bond donors (Lipinski definition) is 1. The molecule has 146 valence electrons. The minimum atomic E-state index is -0.526. The summed E-state index contributed by atoms with van der Waals surface area (Å²) in [6, 6.07) is 10.8. The minimum absolute atomic E-state index is 0.0595. The Morgan fingerprint density at radius 3 is 2.69 bits per heavy atom. The summed E-state index contributed by atoms with van der Waals surface area (Å²) in [5, 5.41) is 8.70. The first-order valence-corrected chi connectivity index (χ1v) is 9.98. The lowest BCUT2D eigenvalue weighted by atomic mass is 9.85. The van der Waals surface area contributed by atoms with E-state index in [1.165, 1.54) is 12.1 Å². The van der Waals surface area contributed by atoms with Crippen LogP contribution in [0.4, 0.5) is 10.3 Å². The lowest BCUT2D eigenvalue weighted by molar-refractivity contribution is -0.116. The quantitative estimate of drug-likeness (QED) is 0.592. The van der Waals surface area contributed by atoms with Gasteiger partial charge in [0.25, 0.3) is 0 Å². The summed E-state index contributed by atoms with van der Waals surface area (Å²) in [4.78, 5) is 17.4. The normalized spacial score (nSPS) is 18.3. The summed E-state index contributed by atoms with van der Waals surface area (Å²) in [6.45, 7) is 0. The molecule has 0 radical (unpaired) electrons. The second kappa shape index (κ2) is 6.97. The number of rotatable bonds is 2. The zero-order chi connectivity index (χ0) is 20.1. The topological polar surface area (TPSA) is 59.8 Å². The highest BCUT2D eigenvalue weighted by Gasteiger charge is 2.38. The van der Waals surface area contributed by atoms with E-state index < -0.39 is 6.04 Å². The van der Waals surface area contributed by atoms with Crippen molar-refractivity contribution in [1.29, 1.82) is 0 Å². The fraction of sp³-hybridized carbons (Fsp3) is 0.190. The standard InChI is InChI=1S/C21H15Cl2FN4O/c22-14-4-1-3-13(18(14)23)19-17-15(5-2-6-16(17)29)25-21-26-20(27-28(19)21)11-7-9-12(24)10-8-11/h1,3-4,7-10,19H,2,5-6H2,(H,25,26,27). The number of nitrogens with one attached hydrogen (secondary N) is 1. The van der Waals surface area contributed by atoms with Crippen molar-refractivity contribution in [3.63, 3.8) is 0 Å². The van der Waals surface area contributed by atoms with Crippen LogP contribution in [-0.4, -0.2) is 20.5 Å². The van der Waals surface area contributed by atoms with Crippen molar-refractivity contribution in [2.45, 2.75) is 25.3 Å². The van der Waals surface area contributed by atoms with Gasteiger partial charge in [0.15, 0.2) is 11.6 Å². The minimum Gasteiger partial charge on any atom is -0.328 e. The van der Waals surface area contributed by atoms with Gasteiger partial charge < -0.3 is 5.32 Å². The molecule has 0 bridgehead atoms. The lowest BCUT2D eigenvalue weighted by Crippen LogP contribution is -2.31. The molecule has 0 saturated heterocycles. The molecule has 29 heavy (non-hydrogen) atoms. The van der Waals surface area contributed by atoms with Crippen LogP contribution in [-0.2, 0) is 4.79 Å². The molecule has 2 aliphatic rings. The van der Waals surface area contributed by atoms with E-state index in [0.717, 1.165) is 18.5 Å². The Labute approximate surface area is 176 Å². The van der Waals surface area contributed by atoms with E-state index in [-0.39, 0.29) is 11.6 Å². The molecule has 5 rings (SSSR count). The van der Waals surface area contributed by atoms with Gasteiger partial charge in [-0.25, -0.2) is 9.07 Å². The van der Waals surface area contributed by atoms with Crippen LogP contribution in [0.15, 0.2) is 53.7 Å². The molecule has 0 saturated carbocycles.